The molecule has 0 radical (unpaired) electrons. The molecule has 3 nitrogen and oxygen atoms in total. The predicted molar refractivity (Wildman–Crippen MR) is 106 cm³/mol. The average molecular weight is 354 g/mol. The molecule has 2 heterocycles. The molecule has 0 bridgehead atoms. The van der Waals surface area contributed by atoms with Crippen LogP contribution in [0.25, 0.3) is 0 Å². The Balaban J connectivity index is 1.99. The Kier molecular flexibility index (Phi) is 5.47. The van der Waals surface area contributed by atoms with Crippen molar-refractivity contribution in [2.75, 3.05) is 13.6 Å². The van der Waals surface area contributed by atoms with Gasteiger partial charge in [0.2, 0.25) is 0 Å². The zero-order valence-electron chi connectivity index (χ0n) is 14.5. The predicted octanol–water partition coefficient (Wildman–Crippen LogP) is 4.08. The molecule has 0 amide bonds. The number of hydrogen-bond donors (Lipinski definition) is 2. The van der Waals surface area contributed by atoms with Crippen LogP contribution < -0.4 is 11.1 Å². The van der Waals surface area contributed by atoms with E-state index in [1.54, 1.807) is 6.20 Å². The van der Waals surface area contributed by atoms with E-state index < -0.39 is 0 Å². The summed E-state index contributed by atoms with van der Waals surface area (Å²) in [6.07, 6.45) is 13.1. The van der Waals surface area contributed by atoms with Crippen molar-refractivity contribution in [2.24, 2.45) is 5.73 Å². The Morgan fingerprint density at radius 2 is 2.24 bits per heavy atom. The standard InChI is InChI=1S/C21H24ClN3/c1-3-15(20-9-10-24-20)12-17(14-23)19-8-5-11-25(2)21(19)16-6-4-7-18(22)13-16/h3-8,11-14,20-21,24H,1,9-10,23H2,2H3/b15-12-,17-14+. The minimum absolute atomic E-state index is 0.0650. The van der Waals surface area contributed by atoms with Gasteiger partial charge in [-0.3, -0.25) is 0 Å². The maximum absolute atomic E-state index is 6.22. The summed E-state index contributed by atoms with van der Waals surface area (Å²) in [7, 11) is 2.06. The van der Waals surface area contributed by atoms with Gasteiger partial charge in [-0.25, -0.2) is 0 Å². The van der Waals surface area contributed by atoms with Gasteiger partial charge in [-0.2, -0.15) is 0 Å². The van der Waals surface area contributed by atoms with Crippen molar-refractivity contribution in [1.29, 1.82) is 0 Å². The van der Waals surface area contributed by atoms with E-state index in [1.165, 1.54) is 5.57 Å². The first-order valence-electron chi connectivity index (χ1n) is 8.49. The molecule has 2 aliphatic rings. The molecule has 1 aromatic carbocycles. The second-order valence-electron chi connectivity index (χ2n) is 6.35. The van der Waals surface area contributed by atoms with Gasteiger partial charge >= 0.3 is 0 Å². The lowest BCUT2D eigenvalue weighted by Gasteiger charge is -2.33. The third-order valence-electron chi connectivity index (χ3n) is 4.76. The number of benzene rings is 1. The van der Waals surface area contributed by atoms with Crippen LogP contribution in [-0.2, 0) is 0 Å². The number of nitrogens with two attached hydrogens (primary N) is 1. The van der Waals surface area contributed by atoms with Crippen molar-refractivity contribution in [3.05, 3.63) is 94.9 Å². The summed E-state index contributed by atoms with van der Waals surface area (Å²) >= 11 is 6.22. The molecular formula is C21H24ClN3. The number of rotatable bonds is 5. The Labute approximate surface area is 154 Å². The zero-order valence-corrected chi connectivity index (χ0v) is 15.2. The average Bonchev–Trinajstić information content (AvgIpc) is 2.56. The van der Waals surface area contributed by atoms with Crippen LogP contribution in [0.2, 0.25) is 5.02 Å². The molecule has 1 fully saturated rings. The Morgan fingerprint density at radius 3 is 2.84 bits per heavy atom. The van der Waals surface area contributed by atoms with Gasteiger partial charge in [0.25, 0.3) is 0 Å². The second-order valence-corrected chi connectivity index (χ2v) is 6.79. The second kappa shape index (κ2) is 7.77. The van der Waals surface area contributed by atoms with Crippen LogP contribution in [0.5, 0.6) is 0 Å². The van der Waals surface area contributed by atoms with Crippen LogP contribution in [0.15, 0.2) is 84.3 Å². The summed E-state index contributed by atoms with van der Waals surface area (Å²) in [5.74, 6) is 0. The van der Waals surface area contributed by atoms with Crippen molar-refractivity contribution in [1.82, 2.24) is 10.2 Å². The molecule has 130 valence electrons. The highest BCUT2D eigenvalue weighted by Gasteiger charge is 2.25. The van der Waals surface area contributed by atoms with E-state index in [9.17, 15) is 0 Å². The summed E-state index contributed by atoms with van der Waals surface area (Å²) in [6.45, 7) is 5.01. The van der Waals surface area contributed by atoms with Crippen molar-refractivity contribution in [2.45, 2.75) is 18.5 Å². The van der Waals surface area contributed by atoms with Crippen molar-refractivity contribution < 1.29 is 0 Å². The monoisotopic (exact) mass is 353 g/mol. The van der Waals surface area contributed by atoms with Gasteiger partial charge in [-0.05, 0) is 65.7 Å². The third kappa shape index (κ3) is 3.73. The van der Waals surface area contributed by atoms with Crippen molar-refractivity contribution >= 4 is 11.6 Å². The molecule has 0 aromatic heterocycles. The lowest BCUT2D eigenvalue weighted by molar-refractivity contribution is 0.376. The fourth-order valence-corrected chi connectivity index (χ4v) is 3.51. The minimum Gasteiger partial charge on any atom is -0.404 e. The quantitative estimate of drug-likeness (QED) is 0.783. The Morgan fingerprint density at radius 1 is 1.44 bits per heavy atom. The highest BCUT2D eigenvalue weighted by molar-refractivity contribution is 6.30. The summed E-state index contributed by atoms with van der Waals surface area (Å²) in [5.41, 5.74) is 10.5. The SMILES string of the molecule is C=C/C(=C/C(=C\N)C1=CC=CN(C)C1c1cccc(Cl)c1)C1CCN1. The number of hydrogen-bond acceptors (Lipinski definition) is 3. The molecule has 0 saturated carbocycles. The molecule has 2 unspecified atom stereocenters. The van der Waals surface area contributed by atoms with E-state index in [4.69, 9.17) is 17.3 Å². The number of likely N-dealkylation sites (N-methyl/N-ethyl adjacent to an activating group) is 1. The van der Waals surface area contributed by atoms with Gasteiger partial charge < -0.3 is 16.0 Å². The molecule has 2 aliphatic heterocycles. The highest BCUT2D eigenvalue weighted by atomic mass is 35.5. The van der Waals surface area contributed by atoms with Gasteiger partial charge in [0.1, 0.15) is 0 Å². The number of allylic oxidation sites excluding steroid dienone is 3. The molecule has 1 aromatic rings. The van der Waals surface area contributed by atoms with Crippen LogP contribution >= 0.6 is 11.6 Å². The fraction of sp³-hybridized carbons (Fsp3) is 0.238. The lowest BCUT2D eigenvalue weighted by Crippen LogP contribution is -2.43. The topological polar surface area (TPSA) is 41.3 Å². The Bertz CT molecular complexity index is 769. The van der Waals surface area contributed by atoms with Gasteiger partial charge in [0.15, 0.2) is 0 Å². The summed E-state index contributed by atoms with van der Waals surface area (Å²) < 4.78 is 0. The minimum atomic E-state index is 0.0650. The van der Waals surface area contributed by atoms with Crippen molar-refractivity contribution in [3.63, 3.8) is 0 Å². The Hall–Kier alpha value is -2.23. The fourth-order valence-electron chi connectivity index (χ4n) is 3.31. The lowest BCUT2D eigenvalue weighted by atomic mass is 9.87. The van der Waals surface area contributed by atoms with Crippen LogP contribution in [0.3, 0.4) is 0 Å². The normalized spacial score (nSPS) is 23.9. The maximum Gasteiger partial charge on any atom is 0.0794 e. The van der Waals surface area contributed by atoms with E-state index in [0.717, 1.165) is 34.7 Å². The van der Waals surface area contributed by atoms with Gasteiger partial charge in [-0.15, -0.1) is 0 Å². The summed E-state index contributed by atoms with van der Waals surface area (Å²) in [5, 5.41) is 4.15. The van der Waals surface area contributed by atoms with Crippen LogP contribution in [0.1, 0.15) is 18.0 Å². The van der Waals surface area contributed by atoms with E-state index in [-0.39, 0.29) is 6.04 Å². The molecule has 3 rings (SSSR count). The first kappa shape index (κ1) is 17.6. The third-order valence-corrected chi connectivity index (χ3v) is 5.00. The van der Waals surface area contributed by atoms with Crippen LogP contribution in [0.4, 0.5) is 0 Å². The van der Waals surface area contributed by atoms with E-state index >= 15 is 0 Å². The summed E-state index contributed by atoms with van der Waals surface area (Å²) in [6, 6.07) is 8.42. The molecule has 0 aliphatic carbocycles. The molecule has 1 saturated heterocycles. The first-order valence-corrected chi connectivity index (χ1v) is 8.87. The highest BCUT2D eigenvalue weighted by Crippen LogP contribution is 2.36. The molecule has 4 heteroatoms. The maximum atomic E-state index is 6.22. The van der Waals surface area contributed by atoms with E-state index in [2.05, 4.69) is 48.3 Å². The summed E-state index contributed by atoms with van der Waals surface area (Å²) in [4.78, 5) is 2.17. The van der Waals surface area contributed by atoms with Crippen LogP contribution in [0, 0.1) is 0 Å². The number of nitrogens with one attached hydrogen (secondary N) is 1. The van der Waals surface area contributed by atoms with E-state index in [1.807, 2.05) is 30.4 Å². The number of nitrogens with zero attached hydrogens (tertiary/aromatic N) is 1. The largest absolute Gasteiger partial charge is 0.404 e. The zero-order chi connectivity index (χ0) is 17.8. The van der Waals surface area contributed by atoms with Gasteiger partial charge in [0, 0.05) is 24.3 Å². The molecule has 25 heavy (non-hydrogen) atoms. The first-order chi connectivity index (χ1) is 12.1. The van der Waals surface area contributed by atoms with Gasteiger partial charge in [-0.1, -0.05) is 42.5 Å². The molecule has 3 N–H and O–H groups in total. The molecular weight excluding hydrogens is 330 g/mol. The van der Waals surface area contributed by atoms with E-state index in [0.29, 0.717) is 6.04 Å². The van der Waals surface area contributed by atoms with Gasteiger partial charge in [0.05, 0.1) is 6.04 Å². The number of halogens is 1. The smallest absolute Gasteiger partial charge is 0.0794 e. The molecule has 0 spiro atoms. The van der Waals surface area contributed by atoms with Crippen LogP contribution in [-0.4, -0.2) is 24.5 Å². The molecule has 2 atom stereocenters. The van der Waals surface area contributed by atoms with Crippen molar-refractivity contribution in [3.8, 4) is 0 Å².